The summed E-state index contributed by atoms with van der Waals surface area (Å²) in [5.41, 5.74) is 1.30. The minimum atomic E-state index is -0.390. The maximum Gasteiger partial charge on any atom is 0.281 e. The number of aromatic nitrogens is 2. The Kier molecular flexibility index (Phi) is 4.14. The van der Waals surface area contributed by atoms with Crippen LogP contribution in [0.15, 0.2) is 15.3 Å². The van der Waals surface area contributed by atoms with Gasteiger partial charge in [0.05, 0.1) is 16.2 Å². The number of fused-ring (bicyclic) bond motifs is 3. The summed E-state index contributed by atoms with van der Waals surface area (Å²) in [6, 6.07) is 1.54. The lowest BCUT2D eigenvalue weighted by Crippen LogP contribution is -2.26. The van der Waals surface area contributed by atoms with Gasteiger partial charge in [0.15, 0.2) is 17.0 Å². The van der Waals surface area contributed by atoms with Crippen LogP contribution in [-0.2, 0) is 0 Å². The highest BCUT2D eigenvalue weighted by atomic mass is 35.5. The third kappa shape index (κ3) is 2.63. The highest BCUT2D eigenvalue weighted by Gasteiger charge is 2.33. The zero-order valence-electron chi connectivity index (χ0n) is 15.9. The standard InChI is InChI=1S/C20H22ClFN4O2/c1-10-24-16-19(28-10)13-7-14(22)18(25-6-5-11(9-25)8-23-2)15(21)17(13)26(20(16)27)12-3-4-12/h7,11-12,23H,3-6,8-9H2,1-2H3/t11-/m1/s1. The molecular formula is C20H22ClFN4O2. The molecule has 1 atom stereocenters. The van der Waals surface area contributed by atoms with E-state index in [4.69, 9.17) is 16.0 Å². The van der Waals surface area contributed by atoms with Crippen molar-refractivity contribution < 1.29 is 8.81 Å². The van der Waals surface area contributed by atoms with Gasteiger partial charge in [-0.05, 0) is 44.8 Å². The molecule has 0 amide bonds. The molecule has 1 saturated heterocycles. The molecule has 0 bridgehead atoms. The third-order valence-electron chi connectivity index (χ3n) is 5.82. The molecular weight excluding hydrogens is 383 g/mol. The fourth-order valence-corrected chi connectivity index (χ4v) is 4.84. The number of halogens is 2. The molecule has 1 aliphatic carbocycles. The first kappa shape index (κ1) is 17.9. The van der Waals surface area contributed by atoms with E-state index in [1.807, 2.05) is 11.9 Å². The normalized spacial score (nSPS) is 20.0. The number of nitrogens with one attached hydrogen (secondary N) is 1. The van der Waals surface area contributed by atoms with E-state index >= 15 is 4.39 Å². The Bertz CT molecular complexity index is 1150. The first-order valence-corrected chi connectivity index (χ1v) is 10.1. The summed E-state index contributed by atoms with van der Waals surface area (Å²) in [6.45, 7) is 4.05. The van der Waals surface area contributed by atoms with E-state index in [-0.39, 0.29) is 22.9 Å². The van der Waals surface area contributed by atoms with Crippen LogP contribution in [-0.4, -0.2) is 36.2 Å². The second kappa shape index (κ2) is 6.46. The van der Waals surface area contributed by atoms with Crippen molar-refractivity contribution in [1.82, 2.24) is 14.9 Å². The monoisotopic (exact) mass is 404 g/mol. The number of aryl methyl sites for hydroxylation is 1. The minimum absolute atomic E-state index is 0.0860. The van der Waals surface area contributed by atoms with Crippen LogP contribution in [0.2, 0.25) is 5.02 Å². The van der Waals surface area contributed by atoms with Crippen molar-refractivity contribution in [1.29, 1.82) is 0 Å². The highest BCUT2D eigenvalue weighted by molar-refractivity contribution is 6.38. The Hall–Kier alpha value is -2.12. The van der Waals surface area contributed by atoms with Crippen LogP contribution < -0.4 is 15.8 Å². The number of pyridine rings is 1. The van der Waals surface area contributed by atoms with Crippen molar-refractivity contribution in [2.24, 2.45) is 5.92 Å². The number of oxazole rings is 1. The SMILES string of the molecule is CNC[C@H]1CCN(c2c(F)cc3c4oc(C)nc4c(=O)n(C4CC4)c3c2Cl)C1. The summed E-state index contributed by atoms with van der Waals surface area (Å²) in [5.74, 6) is 0.442. The summed E-state index contributed by atoms with van der Waals surface area (Å²) in [7, 11) is 1.92. The predicted octanol–water partition coefficient (Wildman–Crippen LogP) is 3.62. The predicted molar refractivity (Wildman–Crippen MR) is 108 cm³/mol. The molecule has 1 aromatic carbocycles. The van der Waals surface area contributed by atoms with Crippen LogP contribution in [0.1, 0.15) is 31.2 Å². The lowest BCUT2D eigenvalue weighted by Gasteiger charge is -2.23. The maximum atomic E-state index is 15.2. The smallest absolute Gasteiger partial charge is 0.281 e. The van der Waals surface area contributed by atoms with Gasteiger partial charge >= 0.3 is 0 Å². The average molecular weight is 405 g/mol. The largest absolute Gasteiger partial charge is 0.440 e. The number of anilines is 1. The lowest BCUT2D eigenvalue weighted by molar-refractivity contribution is 0.548. The molecule has 1 saturated carbocycles. The van der Waals surface area contributed by atoms with Gasteiger partial charge < -0.3 is 19.2 Å². The van der Waals surface area contributed by atoms with E-state index in [0.717, 1.165) is 38.9 Å². The topological polar surface area (TPSA) is 63.3 Å². The summed E-state index contributed by atoms with van der Waals surface area (Å²) >= 11 is 6.79. The Labute approximate surface area is 166 Å². The van der Waals surface area contributed by atoms with E-state index in [9.17, 15) is 4.79 Å². The number of benzene rings is 1. The van der Waals surface area contributed by atoms with Gasteiger partial charge in [-0.25, -0.2) is 9.37 Å². The van der Waals surface area contributed by atoms with Crippen LogP contribution in [0.3, 0.4) is 0 Å². The highest BCUT2D eigenvalue weighted by Crippen LogP contribution is 2.44. The van der Waals surface area contributed by atoms with Gasteiger partial charge in [0.1, 0.15) is 5.82 Å². The fraction of sp³-hybridized carbons (Fsp3) is 0.500. The van der Waals surface area contributed by atoms with Crippen LogP contribution in [0.4, 0.5) is 10.1 Å². The zero-order valence-corrected chi connectivity index (χ0v) is 16.6. The van der Waals surface area contributed by atoms with Gasteiger partial charge in [0.25, 0.3) is 5.56 Å². The first-order valence-electron chi connectivity index (χ1n) is 9.72. The number of rotatable bonds is 4. The van der Waals surface area contributed by atoms with Crippen molar-refractivity contribution >= 4 is 39.3 Å². The van der Waals surface area contributed by atoms with Crippen molar-refractivity contribution in [3.63, 3.8) is 0 Å². The molecule has 0 unspecified atom stereocenters. The third-order valence-corrected chi connectivity index (χ3v) is 6.17. The van der Waals surface area contributed by atoms with E-state index in [0.29, 0.717) is 39.0 Å². The quantitative estimate of drug-likeness (QED) is 0.719. The molecule has 8 heteroatoms. The van der Waals surface area contributed by atoms with Gasteiger partial charge in [-0.3, -0.25) is 4.79 Å². The van der Waals surface area contributed by atoms with E-state index in [1.54, 1.807) is 11.5 Å². The molecule has 0 spiro atoms. The summed E-state index contributed by atoms with van der Waals surface area (Å²) < 4.78 is 22.6. The van der Waals surface area contributed by atoms with Gasteiger partial charge in [0.2, 0.25) is 0 Å². The van der Waals surface area contributed by atoms with E-state index < -0.39 is 0 Å². The molecule has 1 N–H and O–H groups in total. The first-order chi connectivity index (χ1) is 13.5. The molecule has 28 heavy (non-hydrogen) atoms. The summed E-state index contributed by atoms with van der Waals surface area (Å²) in [4.78, 5) is 19.3. The van der Waals surface area contributed by atoms with E-state index in [2.05, 4.69) is 10.3 Å². The molecule has 0 radical (unpaired) electrons. The van der Waals surface area contributed by atoms with Crippen LogP contribution >= 0.6 is 11.6 Å². The Balaban J connectivity index is 1.78. The van der Waals surface area contributed by atoms with Crippen molar-refractivity contribution in [2.75, 3.05) is 31.6 Å². The molecule has 3 heterocycles. The number of hydrogen-bond acceptors (Lipinski definition) is 5. The molecule has 1 aliphatic heterocycles. The Morgan fingerprint density at radius 1 is 1.39 bits per heavy atom. The van der Waals surface area contributed by atoms with Gasteiger partial charge in [-0.1, -0.05) is 11.6 Å². The van der Waals surface area contributed by atoms with Gasteiger partial charge in [-0.2, -0.15) is 0 Å². The van der Waals surface area contributed by atoms with Gasteiger partial charge in [-0.15, -0.1) is 0 Å². The summed E-state index contributed by atoms with van der Waals surface area (Å²) in [6.07, 6.45) is 2.80. The molecule has 148 valence electrons. The Morgan fingerprint density at radius 3 is 2.89 bits per heavy atom. The number of nitrogens with zero attached hydrogens (tertiary/aromatic N) is 3. The summed E-state index contributed by atoms with van der Waals surface area (Å²) in [5, 5.41) is 3.99. The fourth-order valence-electron chi connectivity index (χ4n) is 4.44. The lowest BCUT2D eigenvalue weighted by atomic mass is 10.1. The van der Waals surface area contributed by atoms with Crippen molar-refractivity contribution in [3.8, 4) is 0 Å². The van der Waals surface area contributed by atoms with Crippen LogP contribution in [0, 0.1) is 18.7 Å². The zero-order chi connectivity index (χ0) is 19.6. The molecule has 2 aliphatic rings. The minimum Gasteiger partial charge on any atom is -0.440 e. The number of hydrogen-bond donors (Lipinski definition) is 1. The van der Waals surface area contributed by atoms with Gasteiger partial charge in [0, 0.05) is 31.4 Å². The van der Waals surface area contributed by atoms with Crippen LogP contribution in [0.5, 0.6) is 0 Å². The van der Waals surface area contributed by atoms with Crippen molar-refractivity contribution in [2.45, 2.75) is 32.2 Å². The van der Waals surface area contributed by atoms with Crippen LogP contribution in [0.25, 0.3) is 22.0 Å². The van der Waals surface area contributed by atoms with E-state index in [1.165, 1.54) is 6.07 Å². The second-order valence-corrected chi connectivity index (χ2v) is 8.27. The molecule has 3 aromatic rings. The van der Waals surface area contributed by atoms with Crippen molar-refractivity contribution in [3.05, 3.63) is 33.2 Å². The molecule has 5 rings (SSSR count). The second-order valence-electron chi connectivity index (χ2n) is 7.89. The molecule has 2 fully saturated rings. The Morgan fingerprint density at radius 2 is 2.18 bits per heavy atom. The molecule has 6 nitrogen and oxygen atoms in total. The average Bonchev–Trinajstić information content (AvgIpc) is 3.25. The maximum absolute atomic E-state index is 15.2. The molecule has 2 aromatic heterocycles.